The second kappa shape index (κ2) is 10.2. The molecule has 13 heteroatoms. The summed E-state index contributed by atoms with van der Waals surface area (Å²) in [6, 6.07) is 13.4. The van der Waals surface area contributed by atoms with Crippen LogP contribution in [0.1, 0.15) is 33.5 Å². The van der Waals surface area contributed by atoms with Crippen molar-refractivity contribution in [3.05, 3.63) is 111 Å². The van der Waals surface area contributed by atoms with E-state index in [1.807, 2.05) is 0 Å². The van der Waals surface area contributed by atoms with Crippen LogP contribution in [0.2, 0.25) is 0 Å². The average Bonchev–Trinajstić information content (AvgIpc) is 3.62. The molecule has 4 aromatic rings. The summed E-state index contributed by atoms with van der Waals surface area (Å²) in [5, 5.41) is 30.5. The molecule has 3 heterocycles. The summed E-state index contributed by atoms with van der Waals surface area (Å²) in [7, 11) is 0. The molecule has 0 radical (unpaired) electrons. The molecular weight excluding hydrogens is 535 g/mol. The van der Waals surface area contributed by atoms with Crippen LogP contribution in [0.3, 0.4) is 0 Å². The Kier molecular flexibility index (Phi) is 6.78. The maximum Gasteiger partial charge on any atom is 0.296 e. The third kappa shape index (κ3) is 4.68. The molecule has 192 valence electrons. The Balaban J connectivity index is 1.53. The first kappa shape index (κ1) is 25.3. The smallest absolute Gasteiger partial charge is 0.296 e. The van der Waals surface area contributed by atoms with Gasteiger partial charge < -0.3 is 9.52 Å². The third-order valence-electron chi connectivity index (χ3n) is 5.72. The van der Waals surface area contributed by atoms with Crippen LogP contribution in [0.25, 0.3) is 0 Å². The third-order valence-corrected chi connectivity index (χ3v) is 7.83. The summed E-state index contributed by atoms with van der Waals surface area (Å²) < 4.78 is 19.8. The quantitative estimate of drug-likeness (QED) is 0.0978. The van der Waals surface area contributed by atoms with Gasteiger partial charge in [0.1, 0.15) is 11.6 Å². The van der Waals surface area contributed by atoms with Crippen LogP contribution in [-0.2, 0) is 10.5 Å². The number of hydrogen-bond donors (Lipinski definition) is 1. The Labute approximate surface area is 222 Å². The molecule has 0 aliphatic carbocycles. The minimum atomic E-state index is -1.24. The number of furan rings is 1. The van der Waals surface area contributed by atoms with Crippen LogP contribution in [0.5, 0.6) is 0 Å². The van der Waals surface area contributed by atoms with Crippen molar-refractivity contribution >= 4 is 45.6 Å². The van der Waals surface area contributed by atoms with Gasteiger partial charge >= 0.3 is 0 Å². The van der Waals surface area contributed by atoms with Crippen molar-refractivity contribution in [1.29, 1.82) is 0 Å². The fourth-order valence-corrected chi connectivity index (χ4v) is 5.81. The lowest BCUT2D eigenvalue weighted by Crippen LogP contribution is -2.31. The molecular formula is C25H17FN4O6S2. The van der Waals surface area contributed by atoms with Crippen LogP contribution >= 0.6 is 23.1 Å². The number of anilines is 1. The minimum Gasteiger partial charge on any atom is -0.503 e. The molecule has 5 rings (SSSR count). The number of halogens is 1. The van der Waals surface area contributed by atoms with Crippen molar-refractivity contribution in [2.45, 2.75) is 23.1 Å². The Morgan fingerprint density at radius 2 is 2.00 bits per heavy atom. The number of carbonyl (C=O) groups is 2. The molecule has 0 bridgehead atoms. The van der Waals surface area contributed by atoms with E-state index in [2.05, 4.69) is 10.2 Å². The SMILES string of the molecule is Cc1ccc(C(=O)C2=C(O)C(=O)N(c3nnc(SCc4ccccc4F)s3)C2c2cccc([N+](=O)[O-])c2)o1. The Hall–Kier alpha value is -4.36. The van der Waals surface area contributed by atoms with Gasteiger partial charge in [-0.15, -0.1) is 10.2 Å². The van der Waals surface area contributed by atoms with Crippen LogP contribution in [0, 0.1) is 22.9 Å². The van der Waals surface area contributed by atoms with Gasteiger partial charge in [0.2, 0.25) is 10.9 Å². The first-order chi connectivity index (χ1) is 18.2. The second-order valence-electron chi connectivity index (χ2n) is 8.16. The lowest BCUT2D eigenvalue weighted by molar-refractivity contribution is -0.384. The lowest BCUT2D eigenvalue weighted by Gasteiger charge is -2.23. The van der Waals surface area contributed by atoms with Gasteiger partial charge in [0.05, 0.1) is 16.5 Å². The van der Waals surface area contributed by atoms with E-state index in [0.29, 0.717) is 15.7 Å². The lowest BCUT2D eigenvalue weighted by atomic mass is 9.95. The molecule has 1 amide bonds. The summed E-state index contributed by atoms with van der Waals surface area (Å²) in [6.45, 7) is 1.64. The van der Waals surface area contributed by atoms with Gasteiger partial charge in [0.25, 0.3) is 11.6 Å². The zero-order chi connectivity index (χ0) is 27.0. The number of carbonyl (C=O) groups excluding carboxylic acids is 2. The van der Waals surface area contributed by atoms with Crippen LogP contribution in [0.4, 0.5) is 15.2 Å². The van der Waals surface area contributed by atoms with Crippen molar-refractivity contribution in [3.63, 3.8) is 0 Å². The molecule has 10 nitrogen and oxygen atoms in total. The van der Waals surface area contributed by atoms with Crippen molar-refractivity contribution in [3.8, 4) is 0 Å². The maximum atomic E-state index is 14.0. The zero-order valence-corrected chi connectivity index (χ0v) is 21.2. The highest BCUT2D eigenvalue weighted by Crippen LogP contribution is 2.44. The highest BCUT2D eigenvalue weighted by Gasteiger charge is 2.47. The summed E-state index contributed by atoms with van der Waals surface area (Å²) in [5.41, 5.74) is 0.0989. The van der Waals surface area contributed by atoms with E-state index in [9.17, 15) is 29.2 Å². The molecule has 2 aromatic heterocycles. The van der Waals surface area contributed by atoms with E-state index < -0.39 is 28.4 Å². The van der Waals surface area contributed by atoms with E-state index in [-0.39, 0.29) is 39.3 Å². The van der Waals surface area contributed by atoms with Crippen LogP contribution in [-0.4, -0.2) is 31.9 Å². The predicted octanol–water partition coefficient (Wildman–Crippen LogP) is 5.56. The average molecular weight is 553 g/mol. The van der Waals surface area contributed by atoms with Gasteiger partial charge in [0.15, 0.2) is 15.9 Å². The van der Waals surface area contributed by atoms with E-state index in [1.165, 1.54) is 48.2 Å². The Morgan fingerprint density at radius 1 is 1.21 bits per heavy atom. The van der Waals surface area contributed by atoms with Crippen molar-refractivity contribution < 1.29 is 28.4 Å². The molecule has 38 heavy (non-hydrogen) atoms. The summed E-state index contributed by atoms with van der Waals surface area (Å²) >= 11 is 2.20. The standard InChI is InChI=1S/C25H17FN4O6S2/c1-13-9-10-18(36-13)21(31)19-20(14-6-4-7-16(11-14)30(34)35)29(23(33)22(19)32)24-27-28-25(38-24)37-12-15-5-2-3-8-17(15)26/h2-11,20,32H,12H2,1H3. The molecule has 0 saturated heterocycles. The summed E-state index contributed by atoms with van der Waals surface area (Å²) in [5.74, 6) is -2.26. The molecule has 1 aliphatic rings. The van der Waals surface area contributed by atoms with E-state index in [4.69, 9.17) is 4.42 Å². The summed E-state index contributed by atoms with van der Waals surface area (Å²) in [6.07, 6.45) is 0. The molecule has 1 atom stereocenters. The zero-order valence-electron chi connectivity index (χ0n) is 19.5. The number of nitro groups is 1. The number of aliphatic hydroxyl groups excluding tert-OH is 1. The van der Waals surface area contributed by atoms with Gasteiger partial charge in [-0.1, -0.05) is 53.4 Å². The number of nitro benzene ring substituents is 1. The van der Waals surface area contributed by atoms with E-state index in [0.717, 1.165) is 16.2 Å². The topological polar surface area (TPSA) is 140 Å². The minimum absolute atomic E-state index is 0.0486. The van der Waals surface area contributed by atoms with Crippen LogP contribution in [0.15, 0.2) is 80.8 Å². The van der Waals surface area contributed by atoms with Gasteiger partial charge in [-0.25, -0.2) is 4.39 Å². The molecule has 2 aromatic carbocycles. The number of benzene rings is 2. The number of ketones is 1. The number of aromatic nitrogens is 2. The molecule has 0 saturated carbocycles. The highest BCUT2D eigenvalue weighted by molar-refractivity contribution is 8.00. The normalized spacial score (nSPS) is 15.4. The fraction of sp³-hybridized carbons (Fsp3) is 0.120. The van der Waals surface area contributed by atoms with E-state index >= 15 is 0 Å². The number of non-ortho nitro benzene ring substituents is 1. The molecule has 1 N–H and O–H groups in total. The molecule has 1 aliphatic heterocycles. The molecule has 1 unspecified atom stereocenters. The number of thioether (sulfide) groups is 1. The maximum absolute atomic E-state index is 14.0. The van der Waals surface area contributed by atoms with Gasteiger partial charge in [-0.2, -0.15) is 0 Å². The number of nitrogens with zero attached hydrogens (tertiary/aromatic N) is 4. The molecule has 0 fully saturated rings. The van der Waals surface area contributed by atoms with Crippen LogP contribution < -0.4 is 4.90 Å². The predicted molar refractivity (Wildman–Crippen MR) is 137 cm³/mol. The second-order valence-corrected chi connectivity index (χ2v) is 10.3. The number of amides is 1. The van der Waals surface area contributed by atoms with Gasteiger partial charge in [0, 0.05) is 17.9 Å². The largest absolute Gasteiger partial charge is 0.503 e. The van der Waals surface area contributed by atoms with Crippen molar-refractivity contribution in [2.75, 3.05) is 4.90 Å². The van der Waals surface area contributed by atoms with Gasteiger partial charge in [-0.3, -0.25) is 24.6 Å². The van der Waals surface area contributed by atoms with Crippen molar-refractivity contribution in [1.82, 2.24) is 10.2 Å². The number of aryl methyl sites for hydroxylation is 1. The highest BCUT2D eigenvalue weighted by atomic mass is 32.2. The fourth-order valence-electron chi connectivity index (χ4n) is 3.96. The summed E-state index contributed by atoms with van der Waals surface area (Å²) in [4.78, 5) is 38.6. The first-order valence-corrected chi connectivity index (χ1v) is 12.9. The van der Waals surface area contributed by atoms with Crippen molar-refractivity contribution in [2.24, 2.45) is 0 Å². The number of rotatable bonds is 8. The van der Waals surface area contributed by atoms with Gasteiger partial charge in [-0.05, 0) is 36.2 Å². The molecule has 0 spiro atoms. The first-order valence-electron chi connectivity index (χ1n) is 11.1. The van der Waals surface area contributed by atoms with E-state index in [1.54, 1.807) is 31.2 Å². The number of hydrogen-bond acceptors (Lipinski definition) is 10. The monoisotopic (exact) mass is 552 g/mol. The number of aliphatic hydroxyl groups is 1. The Bertz CT molecular complexity index is 1610. The Morgan fingerprint density at radius 3 is 2.71 bits per heavy atom. The number of Topliss-reactive ketones (excluding diaryl/α,β-unsaturated/α-hetero) is 1.